The number of ether oxygens (including phenoxy) is 2. The summed E-state index contributed by atoms with van der Waals surface area (Å²) in [5.41, 5.74) is 2.96. The molecule has 6 atom stereocenters. The highest BCUT2D eigenvalue weighted by Gasteiger charge is 2.48. The maximum Gasteiger partial charge on any atom is 0.123 e. The van der Waals surface area contributed by atoms with Gasteiger partial charge in [-0.1, -0.05) is 82.1 Å². The van der Waals surface area contributed by atoms with Crippen LogP contribution in [0.25, 0.3) is 0 Å². The molecule has 3 aliphatic rings. The summed E-state index contributed by atoms with van der Waals surface area (Å²) in [5, 5.41) is 23.2. The molecule has 0 bridgehead atoms. The summed E-state index contributed by atoms with van der Waals surface area (Å²) < 4.78 is 38.4. The van der Waals surface area contributed by atoms with Gasteiger partial charge < -0.3 is 29.5 Å². The van der Waals surface area contributed by atoms with Crippen LogP contribution in [-0.4, -0.2) is 79.1 Å². The van der Waals surface area contributed by atoms with Crippen molar-refractivity contribution in [3.63, 3.8) is 0 Å². The van der Waals surface area contributed by atoms with Crippen molar-refractivity contribution in [3.8, 4) is 0 Å². The molecule has 0 aromatic heterocycles. The maximum absolute atomic E-state index is 13.1. The number of hydrogen-bond donors (Lipinski definition) is 2. The van der Waals surface area contributed by atoms with E-state index in [1.807, 2.05) is 14.1 Å². The van der Waals surface area contributed by atoms with Crippen molar-refractivity contribution >= 4 is 0 Å². The lowest BCUT2D eigenvalue weighted by molar-refractivity contribution is -0.134. The Hall–Kier alpha value is -2.72. The molecule has 6 rings (SSSR count). The summed E-state index contributed by atoms with van der Waals surface area (Å²) in [6, 6.07) is 21.5. The third-order valence-electron chi connectivity index (χ3n) is 12.5. The number of rotatable bonds is 12. The zero-order chi connectivity index (χ0) is 39.8. The molecule has 304 valence electrons. The highest BCUT2D eigenvalue weighted by molar-refractivity contribution is 5.32. The molecule has 0 radical (unpaired) electrons. The molecule has 3 saturated carbocycles. The molecule has 0 saturated heterocycles. The van der Waals surface area contributed by atoms with Gasteiger partial charge in [0.05, 0.1) is 36.6 Å². The van der Waals surface area contributed by atoms with E-state index in [1.54, 1.807) is 24.3 Å². The van der Waals surface area contributed by atoms with Crippen LogP contribution in [0.1, 0.15) is 107 Å². The Morgan fingerprint density at radius 2 is 1.09 bits per heavy atom. The molecule has 0 heterocycles. The van der Waals surface area contributed by atoms with Crippen LogP contribution in [-0.2, 0) is 33.7 Å². The van der Waals surface area contributed by atoms with Gasteiger partial charge in [-0.2, -0.15) is 0 Å². The molecule has 0 amide bonds. The molecule has 3 aliphatic carbocycles. The Bertz CT molecular complexity index is 1590. The molecule has 55 heavy (non-hydrogen) atoms. The summed E-state index contributed by atoms with van der Waals surface area (Å²) in [6.07, 6.45) is 10.1. The molecule has 2 N–H and O–H groups in total. The Kier molecular flexibility index (Phi) is 15.1. The lowest BCUT2D eigenvalue weighted by atomic mass is 9.66. The molecule has 0 aliphatic heterocycles. The van der Waals surface area contributed by atoms with Crippen LogP contribution in [0.5, 0.6) is 0 Å². The van der Waals surface area contributed by atoms with Crippen LogP contribution in [0.4, 0.5) is 8.78 Å². The van der Waals surface area contributed by atoms with Gasteiger partial charge in [-0.3, -0.25) is 0 Å². The third kappa shape index (κ3) is 11.9. The number of hydrogen-bond acceptors (Lipinski definition) is 6. The van der Waals surface area contributed by atoms with Gasteiger partial charge >= 0.3 is 0 Å². The topological polar surface area (TPSA) is 65.4 Å². The van der Waals surface area contributed by atoms with E-state index in [0.29, 0.717) is 25.6 Å². The standard InChI is InChI=1S/C26H36FNO2.C21H32FNO2/c1-25(2,3)20-8-10-21(11-9-20)26(29)15-14-24(16-22(26)17-28(4)5)30-18-19-6-12-23(27)13-7-19;1-23(2)14-18-13-20(25-15-16-7-9-19(22)10-8-16)11-12-21(18,24)17-5-3-4-6-17/h6-13,22,24,29H,14-18H2,1-5H3;7-10,17-18,20,24H,3-6,11-15H2,1-2H3. The van der Waals surface area contributed by atoms with Crippen molar-refractivity contribution in [2.75, 3.05) is 41.3 Å². The van der Waals surface area contributed by atoms with Crippen LogP contribution in [0.15, 0.2) is 72.8 Å². The van der Waals surface area contributed by atoms with Crippen molar-refractivity contribution in [2.24, 2.45) is 17.8 Å². The van der Waals surface area contributed by atoms with E-state index in [9.17, 15) is 19.0 Å². The highest BCUT2D eigenvalue weighted by atomic mass is 19.1. The highest BCUT2D eigenvalue weighted by Crippen LogP contribution is 2.47. The van der Waals surface area contributed by atoms with E-state index in [-0.39, 0.29) is 41.1 Å². The van der Waals surface area contributed by atoms with Crippen molar-refractivity contribution in [2.45, 2.75) is 127 Å². The Balaban J connectivity index is 0.000000214. The quantitative estimate of drug-likeness (QED) is 0.192. The van der Waals surface area contributed by atoms with E-state index in [2.05, 4.69) is 68.9 Å². The Morgan fingerprint density at radius 3 is 1.56 bits per heavy atom. The monoisotopic (exact) mass is 763 g/mol. The lowest BCUT2D eigenvalue weighted by Gasteiger charge is -2.47. The first kappa shape index (κ1) is 43.4. The smallest absolute Gasteiger partial charge is 0.123 e. The second-order valence-corrected chi connectivity index (χ2v) is 18.3. The van der Waals surface area contributed by atoms with E-state index in [0.717, 1.165) is 61.9 Å². The molecule has 6 nitrogen and oxygen atoms in total. The summed E-state index contributed by atoms with van der Waals surface area (Å²) in [4.78, 5) is 4.33. The minimum absolute atomic E-state index is 0.0833. The Labute approximate surface area is 330 Å². The summed E-state index contributed by atoms with van der Waals surface area (Å²) in [7, 11) is 8.26. The van der Waals surface area contributed by atoms with E-state index >= 15 is 0 Å². The van der Waals surface area contributed by atoms with Gasteiger partial charge in [0.1, 0.15) is 11.6 Å². The molecule has 0 spiro atoms. The van der Waals surface area contributed by atoms with Gasteiger partial charge in [0.25, 0.3) is 0 Å². The van der Waals surface area contributed by atoms with Crippen molar-refractivity contribution in [3.05, 3.63) is 107 Å². The second kappa shape index (κ2) is 19.1. The zero-order valence-electron chi connectivity index (χ0n) is 34.6. The fourth-order valence-electron chi connectivity index (χ4n) is 9.28. The van der Waals surface area contributed by atoms with Crippen LogP contribution in [0.2, 0.25) is 0 Å². The van der Waals surface area contributed by atoms with Crippen molar-refractivity contribution in [1.29, 1.82) is 0 Å². The largest absolute Gasteiger partial charge is 0.389 e. The summed E-state index contributed by atoms with van der Waals surface area (Å²) in [5.74, 6) is 0.354. The van der Waals surface area contributed by atoms with Gasteiger partial charge in [-0.15, -0.1) is 0 Å². The van der Waals surface area contributed by atoms with Crippen LogP contribution in [0.3, 0.4) is 0 Å². The maximum atomic E-state index is 13.1. The predicted molar refractivity (Wildman–Crippen MR) is 218 cm³/mol. The van der Waals surface area contributed by atoms with Gasteiger partial charge in [-0.05, 0) is 137 Å². The molecule has 3 fully saturated rings. The SMILES string of the molecule is CN(C)CC1CC(OCc2ccc(F)cc2)CCC1(O)C1CCCC1.CN(C)CC1CC(OCc2ccc(F)cc2)CCC1(O)c1ccc(C(C)(C)C)cc1. The number of halogens is 2. The zero-order valence-corrected chi connectivity index (χ0v) is 34.6. The summed E-state index contributed by atoms with van der Waals surface area (Å²) >= 11 is 0. The van der Waals surface area contributed by atoms with Gasteiger partial charge in [0.2, 0.25) is 0 Å². The van der Waals surface area contributed by atoms with E-state index in [4.69, 9.17) is 9.47 Å². The molecule has 6 unspecified atom stereocenters. The van der Waals surface area contributed by atoms with Crippen LogP contribution >= 0.6 is 0 Å². The number of benzene rings is 3. The first-order valence-corrected chi connectivity index (χ1v) is 20.6. The first-order valence-electron chi connectivity index (χ1n) is 20.6. The second-order valence-electron chi connectivity index (χ2n) is 18.3. The lowest BCUT2D eigenvalue weighted by Crippen LogP contribution is -2.52. The minimum Gasteiger partial charge on any atom is -0.389 e. The van der Waals surface area contributed by atoms with Crippen molar-refractivity contribution < 1.29 is 28.5 Å². The fourth-order valence-corrected chi connectivity index (χ4v) is 9.28. The average molecular weight is 763 g/mol. The fraction of sp³-hybridized carbons (Fsp3) is 0.617. The molecule has 3 aromatic carbocycles. The minimum atomic E-state index is -0.851. The number of aliphatic hydroxyl groups is 2. The molecule has 8 heteroatoms. The Morgan fingerprint density at radius 1 is 0.636 bits per heavy atom. The predicted octanol–water partition coefficient (Wildman–Crippen LogP) is 9.25. The average Bonchev–Trinajstić information content (AvgIpc) is 3.70. The van der Waals surface area contributed by atoms with Gasteiger partial charge in [-0.25, -0.2) is 8.78 Å². The normalized spacial score (nSPS) is 27.7. The summed E-state index contributed by atoms with van der Waals surface area (Å²) in [6.45, 7) is 9.30. The van der Waals surface area contributed by atoms with Crippen molar-refractivity contribution in [1.82, 2.24) is 9.80 Å². The van der Waals surface area contributed by atoms with Gasteiger partial charge in [0, 0.05) is 24.9 Å². The van der Waals surface area contributed by atoms with Crippen LogP contribution < -0.4 is 0 Å². The first-order chi connectivity index (χ1) is 26.0. The number of nitrogens with zero attached hydrogens (tertiary/aromatic N) is 2. The van der Waals surface area contributed by atoms with E-state index in [1.165, 1.54) is 55.5 Å². The molecular formula is C47H68F2N2O4. The van der Waals surface area contributed by atoms with E-state index < -0.39 is 11.2 Å². The van der Waals surface area contributed by atoms with Crippen LogP contribution in [0, 0.1) is 29.4 Å². The molecular weight excluding hydrogens is 695 g/mol. The molecule has 3 aromatic rings. The van der Waals surface area contributed by atoms with Gasteiger partial charge in [0.15, 0.2) is 0 Å². The third-order valence-corrected chi connectivity index (χ3v) is 12.5.